The van der Waals surface area contributed by atoms with Crippen LogP contribution >= 0.6 is 27.5 Å². The second-order valence-electron chi connectivity index (χ2n) is 10.4. The van der Waals surface area contributed by atoms with Crippen molar-refractivity contribution >= 4 is 56.7 Å². The molecule has 3 N–H and O–H groups in total. The molecule has 0 saturated carbocycles. The average molecular weight is 627 g/mol. The van der Waals surface area contributed by atoms with Crippen LogP contribution in [-0.2, 0) is 22.7 Å². The third-order valence-corrected chi connectivity index (χ3v) is 7.15. The van der Waals surface area contributed by atoms with E-state index >= 15 is 0 Å². The Hall–Kier alpha value is -3.82. The molecule has 4 aromatic rings. The van der Waals surface area contributed by atoms with Crippen molar-refractivity contribution in [1.82, 2.24) is 15.2 Å². The number of aromatic nitrogens is 1. The molecule has 0 radical (unpaired) electrons. The smallest absolute Gasteiger partial charge is 0.352 e. The molecule has 0 unspecified atom stereocenters. The maximum absolute atomic E-state index is 13.7. The van der Waals surface area contributed by atoms with Crippen LogP contribution in [0, 0.1) is 0 Å². The van der Waals surface area contributed by atoms with Crippen molar-refractivity contribution in [3.05, 3.63) is 98.6 Å². The highest BCUT2D eigenvalue weighted by molar-refractivity contribution is 9.10. The maximum Gasteiger partial charge on any atom is 0.352 e. The van der Waals surface area contributed by atoms with Gasteiger partial charge in [0, 0.05) is 43.6 Å². The monoisotopic (exact) mass is 625 g/mol. The van der Waals surface area contributed by atoms with E-state index in [-0.39, 0.29) is 17.8 Å². The highest BCUT2D eigenvalue weighted by atomic mass is 79.9. The van der Waals surface area contributed by atoms with Gasteiger partial charge in [-0.1, -0.05) is 63.9 Å². The van der Waals surface area contributed by atoms with Gasteiger partial charge in [-0.25, -0.2) is 4.79 Å². The quantitative estimate of drug-likeness (QED) is 0.175. The number of fused-ring (bicyclic) bond motifs is 1. The van der Waals surface area contributed by atoms with Gasteiger partial charge in [0.1, 0.15) is 24.1 Å². The van der Waals surface area contributed by atoms with E-state index in [4.69, 9.17) is 16.3 Å². The molecule has 0 aliphatic heterocycles. The number of carbonyl (C=O) groups is 3. The first-order valence-corrected chi connectivity index (χ1v) is 13.7. The lowest BCUT2D eigenvalue weighted by molar-refractivity contribution is -0.134. The van der Waals surface area contributed by atoms with Crippen molar-refractivity contribution < 1.29 is 24.2 Å². The van der Waals surface area contributed by atoms with E-state index in [2.05, 4.69) is 26.2 Å². The van der Waals surface area contributed by atoms with Crippen LogP contribution in [0.1, 0.15) is 54.0 Å². The summed E-state index contributed by atoms with van der Waals surface area (Å²) in [7, 11) is 0. The molecule has 2 amide bonds. The molecule has 1 aromatic heterocycles. The van der Waals surface area contributed by atoms with Crippen molar-refractivity contribution in [3.63, 3.8) is 0 Å². The molecule has 1 atom stereocenters. The molecule has 0 spiro atoms. The molecular weight excluding hydrogens is 598 g/mol. The minimum atomic E-state index is -1.26. The van der Waals surface area contributed by atoms with Crippen LogP contribution in [0.5, 0.6) is 5.75 Å². The first-order chi connectivity index (χ1) is 19.0. The Bertz CT molecular complexity index is 1550. The number of hydrogen-bond acceptors (Lipinski definition) is 4. The third-order valence-electron chi connectivity index (χ3n) is 6.14. The predicted molar refractivity (Wildman–Crippen MR) is 157 cm³/mol. The Balaban J connectivity index is 1.66. The lowest BCUT2D eigenvalue weighted by Gasteiger charge is -2.31. The molecule has 0 saturated heterocycles. The molecule has 208 valence electrons. The number of halogens is 2. The summed E-state index contributed by atoms with van der Waals surface area (Å²) in [6, 6.07) is 18.6. The van der Waals surface area contributed by atoms with Crippen molar-refractivity contribution in [2.75, 3.05) is 0 Å². The number of benzene rings is 3. The van der Waals surface area contributed by atoms with Gasteiger partial charge in [-0.05, 0) is 56.7 Å². The second-order valence-corrected chi connectivity index (χ2v) is 11.6. The highest BCUT2D eigenvalue weighted by Crippen LogP contribution is 2.34. The van der Waals surface area contributed by atoms with Gasteiger partial charge in [-0.15, -0.1) is 0 Å². The van der Waals surface area contributed by atoms with Gasteiger partial charge in [0.25, 0.3) is 0 Å². The molecule has 0 fully saturated rings. The Morgan fingerprint density at radius 2 is 1.82 bits per heavy atom. The summed E-state index contributed by atoms with van der Waals surface area (Å²) in [5.74, 6) is -1.12. The Morgan fingerprint density at radius 1 is 1.12 bits per heavy atom. The van der Waals surface area contributed by atoms with Gasteiger partial charge in [-0.3, -0.25) is 9.59 Å². The fourth-order valence-electron chi connectivity index (χ4n) is 4.40. The standard InChI is InChI=1S/C30H29BrClN3O5/c1-30(2,3)34-28(37)27(25-22-13-10-20(32)14-24(22)33-26(25)29(38)39)35(17-36)15-18-8-11-21(12-9-18)40-16-19-6-4-5-7-23(19)31/h4-14,17,27,33H,15-16H2,1-3H3,(H,34,37)(H,38,39)/t27-/m1/s1. The van der Waals surface area contributed by atoms with Crippen LogP contribution in [0.25, 0.3) is 10.9 Å². The van der Waals surface area contributed by atoms with E-state index < -0.39 is 23.5 Å². The second kappa shape index (κ2) is 12.1. The largest absolute Gasteiger partial charge is 0.489 e. The molecule has 0 aliphatic rings. The third kappa shape index (κ3) is 6.84. The molecule has 0 bridgehead atoms. The van der Waals surface area contributed by atoms with Crippen molar-refractivity contribution in [3.8, 4) is 5.75 Å². The Labute approximate surface area is 245 Å². The SMILES string of the molecule is CC(C)(C)NC(=O)[C@@H](c1c(C(=O)O)[nH]c2cc(Cl)ccc12)N(C=O)Cc1ccc(OCc2ccccc2Br)cc1. The summed E-state index contributed by atoms with van der Waals surface area (Å²) in [6.45, 7) is 5.86. The van der Waals surface area contributed by atoms with Crippen molar-refractivity contribution in [2.45, 2.75) is 45.5 Å². The number of rotatable bonds is 10. The lowest BCUT2D eigenvalue weighted by Crippen LogP contribution is -2.47. The number of amides is 2. The topological polar surface area (TPSA) is 112 Å². The fraction of sp³-hybridized carbons (Fsp3) is 0.233. The molecule has 4 rings (SSSR count). The maximum atomic E-state index is 13.7. The zero-order chi connectivity index (χ0) is 29.0. The normalized spacial score (nSPS) is 12.1. The molecular formula is C30H29BrClN3O5. The number of H-pyrrole nitrogens is 1. The van der Waals surface area contributed by atoms with E-state index in [1.54, 1.807) is 42.5 Å². The van der Waals surface area contributed by atoms with Crippen LogP contribution < -0.4 is 10.1 Å². The molecule has 10 heteroatoms. The molecule has 8 nitrogen and oxygen atoms in total. The zero-order valence-corrected chi connectivity index (χ0v) is 24.5. The van der Waals surface area contributed by atoms with E-state index in [1.807, 2.05) is 45.0 Å². The number of hydrogen-bond donors (Lipinski definition) is 3. The minimum absolute atomic E-state index is 0.0512. The predicted octanol–water partition coefficient (Wildman–Crippen LogP) is 6.48. The number of nitrogens with zero attached hydrogens (tertiary/aromatic N) is 1. The van der Waals surface area contributed by atoms with Gasteiger partial charge < -0.3 is 25.0 Å². The summed E-state index contributed by atoms with van der Waals surface area (Å²) in [5, 5.41) is 13.8. The fourth-order valence-corrected chi connectivity index (χ4v) is 4.97. The van der Waals surface area contributed by atoms with E-state index in [1.165, 1.54) is 4.90 Å². The van der Waals surface area contributed by atoms with E-state index in [0.717, 1.165) is 15.6 Å². The van der Waals surface area contributed by atoms with Gasteiger partial charge in [0.2, 0.25) is 12.3 Å². The molecule has 40 heavy (non-hydrogen) atoms. The van der Waals surface area contributed by atoms with Crippen molar-refractivity contribution in [2.24, 2.45) is 0 Å². The van der Waals surface area contributed by atoms with E-state index in [0.29, 0.717) is 34.7 Å². The van der Waals surface area contributed by atoms with Crippen LogP contribution in [0.4, 0.5) is 0 Å². The number of carboxylic acid groups (broad SMARTS) is 1. The summed E-state index contributed by atoms with van der Waals surface area (Å²) in [4.78, 5) is 42.6. The number of nitrogens with one attached hydrogen (secondary N) is 2. The number of aromatic carboxylic acids is 1. The van der Waals surface area contributed by atoms with Gasteiger partial charge in [-0.2, -0.15) is 0 Å². The lowest BCUT2D eigenvalue weighted by atomic mass is 9.98. The zero-order valence-electron chi connectivity index (χ0n) is 22.2. The number of carbonyl (C=O) groups excluding carboxylic acids is 2. The van der Waals surface area contributed by atoms with Crippen LogP contribution in [0.3, 0.4) is 0 Å². The summed E-state index contributed by atoms with van der Waals surface area (Å²) < 4.78 is 6.85. The van der Waals surface area contributed by atoms with E-state index in [9.17, 15) is 19.5 Å². The average Bonchev–Trinajstić information content (AvgIpc) is 3.26. The highest BCUT2D eigenvalue weighted by Gasteiger charge is 2.35. The number of ether oxygens (including phenoxy) is 1. The molecule has 1 heterocycles. The first-order valence-electron chi connectivity index (χ1n) is 12.5. The first kappa shape index (κ1) is 29.2. The number of aromatic amines is 1. The van der Waals surface area contributed by atoms with Gasteiger partial charge in [0.15, 0.2) is 0 Å². The minimum Gasteiger partial charge on any atom is -0.489 e. The summed E-state index contributed by atoms with van der Waals surface area (Å²) >= 11 is 9.65. The van der Waals surface area contributed by atoms with Crippen molar-refractivity contribution in [1.29, 1.82) is 0 Å². The number of carboxylic acids is 1. The Morgan fingerprint density at radius 3 is 2.45 bits per heavy atom. The van der Waals surface area contributed by atoms with Gasteiger partial charge >= 0.3 is 5.97 Å². The summed E-state index contributed by atoms with van der Waals surface area (Å²) in [5.41, 5.74) is 1.55. The molecule has 0 aliphatic carbocycles. The van der Waals surface area contributed by atoms with Crippen LogP contribution in [0.2, 0.25) is 5.02 Å². The van der Waals surface area contributed by atoms with Crippen LogP contribution in [0.15, 0.2) is 71.2 Å². The van der Waals surface area contributed by atoms with Gasteiger partial charge in [0.05, 0.1) is 0 Å². The Kier molecular flexibility index (Phi) is 8.85. The molecule has 3 aromatic carbocycles. The summed E-state index contributed by atoms with van der Waals surface area (Å²) in [6.07, 6.45) is 0.560. The van der Waals surface area contributed by atoms with Crippen LogP contribution in [-0.4, -0.2) is 38.8 Å².